The molecule has 0 aromatic carbocycles. The summed E-state index contributed by atoms with van der Waals surface area (Å²) in [6.07, 6.45) is -0.117. The van der Waals surface area contributed by atoms with E-state index in [1.807, 2.05) is 0 Å². The Kier molecular flexibility index (Phi) is 5.23. The highest BCUT2D eigenvalue weighted by Crippen LogP contribution is 2.07. The molecule has 0 aliphatic carbocycles. The third-order valence-electron chi connectivity index (χ3n) is 2.90. The molecule has 1 aliphatic heterocycles. The Labute approximate surface area is 111 Å². The number of rotatable bonds is 5. The predicted octanol–water partition coefficient (Wildman–Crippen LogP) is -2.47. The minimum atomic E-state index is -3.73. The molecule has 0 aromatic rings. The maximum atomic E-state index is 11.9. The summed E-state index contributed by atoms with van der Waals surface area (Å²) < 4.78 is 23.3. The fourth-order valence-corrected chi connectivity index (χ4v) is 2.47. The van der Waals surface area contributed by atoms with Crippen LogP contribution in [0.1, 0.15) is 12.8 Å². The number of piperazine rings is 1. The number of amides is 1. The summed E-state index contributed by atoms with van der Waals surface area (Å²) in [4.78, 5) is 23.7. The second kappa shape index (κ2) is 6.28. The van der Waals surface area contributed by atoms with Crippen molar-refractivity contribution >= 4 is 22.1 Å². The van der Waals surface area contributed by atoms with Crippen molar-refractivity contribution in [3.63, 3.8) is 0 Å². The van der Waals surface area contributed by atoms with Crippen LogP contribution in [-0.4, -0.2) is 66.8 Å². The van der Waals surface area contributed by atoms with Crippen LogP contribution in [0.2, 0.25) is 0 Å². The second-order valence-corrected chi connectivity index (χ2v) is 5.85. The number of hydrogen-bond acceptors (Lipinski definition) is 5. The van der Waals surface area contributed by atoms with Crippen molar-refractivity contribution < 1.29 is 23.1 Å². The second-order valence-electron chi connectivity index (χ2n) is 4.31. The number of carboxylic acids is 1. The third kappa shape index (κ3) is 4.74. The van der Waals surface area contributed by atoms with Crippen molar-refractivity contribution in [1.82, 2.24) is 9.21 Å². The van der Waals surface area contributed by atoms with Crippen molar-refractivity contribution in [2.75, 3.05) is 26.2 Å². The van der Waals surface area contributed by atoms with Crippen molar-refractivity contribution in [2.45, 2.75) is 18.9 Å². The highest BCUT2D eigenvalue weighted by molar-refractivity contribution is 7.86. The number of nitrogens with two attached hydrogens (primary N) is 2. The first-order valence-electron chi connectivity index (χ1n) is 5.76. The summed E-state index contributed by atoms with van der Waals surface area (Å²) in [5.74, 6) is -1.38. The summed E-state index contributed by atoms with van der Waals surface area (Å²) >= 11 is 0. The van der Waals surface area contributed by atoms with Gasteiger partial charge in [0.05, 0.1) is 6.04 Å². The molecule has 1 saturated heterocycles. The smallest absolute Gasteiger partial charge is 0.303 e. The number of carbonyl (C=O) groups excluding carboxylic acids is 1. The molecule has 1 amide bonds. The van der Waals surface area contributed by atoms with E-state index in [-0.39, 0.29) is 44.9 Å². The Balaban J connectivity index is 2.46. The average Bonchev–Trinajstić information content (AvgIpc) is 2.34. The molecule has 10 heteroatoms. The molecule has 0 radical (unpaired) electrons. The molecule has 1 unspecified atom stereocenters. The molecule has 0 spiro atoms. The molecule has 0 aromatic heterocycles. The average molecular weight is 294 g/mol. The van der Waals surface area contributed by atoms with Crippen molar-refractivity contribution in [1.29, 1.82) is 0 Å². The van der Waals surface area contributed by atoms with Gasteiger partial charge in [-0.25, -0.2) is 5.14 Å². The standard InChI is InChI=1S/C9H18N4O5S/c10-7(1-2-8(14)15)9(16)12-3-5-13(6-4-12)19(11,17)18/h7H,1-6,10H2,(H,14,15)(H2,11,17,18). The van der Waals surface area contributed by atoms with E-state index in [0.717, 1.165) is 4.31 Å². The Bertz CT molecular complexity index is 444. The first-order chi connectivity index (χ1) is 8.71. The summed E-state index contributed by atoms with van der Waals surface area (Å²) in [6, 6.07) is -0.878. The van der Waals surface area contributed by atoms with E-state index in [2.05, 4.69) is 0 Å². The van der Waals surface area contributed by atoms with Gasteiger partial charge in [-0.2, -0.15) is 12.7 Å². The Morgan fingerprint density at radius 3 is 2.16 bits per heavy atom. The van der Waals surface area contributed by atoms with Gasteiger partial charge in [-0.15, -0.1) is 0 Å². The minimum Gasteiger partial charge on any atom is -0.481 e. The van der Waals surface area contributed by atoms with Crippen LogP contribution >= 0.6 is 0 Å². The van der Waals surface area contributed by atoms with E-state index in [4.69, 9.17) is 16.0 Å². The maximum absolute atomic E-state index is 11.9. The lowest BCUT2D eigenvalue weighted by atomic mass is 10.1. The molecule has 1 aliphatic rings. The lowest BCUT2D eigenvalue weighted by molar-refractivity contribution is -0.138. The maximum Gasteiger partial charge on any atom is 0.303 e. The van der Waals surface area contributed by atoms with Gasteiger partial charge < -0.3 is 15.7 Å². The normalized spacial score (nSPS) is 19.2. The van der Waals surface area contributed by atoms with Gasteiger partial charge in [0.1, 0.15) is 0 Å². The minimum absolute atomic E-state index is 0.0591. The highest BCUT2D eigenvalue weighted by atomic mass is 32.2. The molecule has 1 rings (SSSR count). The number of nitrogens with zero attached hydrogens (tertiary/aromatic N) is 2. The molecule has 1 fully saturated rings. The summed E-state index contributed by atoms with van der Waals surface area (Å²) in [5, 5.41) is 13.5. The molecule has 9 nitrogen and oxygen atoms in total. The van der Waals surface area contributed by atoms with Gasteiger partial charge in [-0.1, -0.05) is 0 Å². The Hall–Kier alpha value is -1.23. The Morgan fingerprint density at radius 1 is 1.21 bits per heavy atom. The van der Waals surface area contributed by atoms with Gasteiger partial charge in [-0.3, -0.25) is 9.59 Å². The zero-order chi connectivity index (χ0) is 14.6. The molecular formula is C9H18N4O5S. The summed E-state index contributed by atoms with van der Waals surface area (Å²) in [7, 11) is -3.73. The topological polar surface area (TPSA) is 147 Å². The molecular weight excluding hydrogens is 276 g/mol. The zero-order valence-corrected chi connectivity index (χ0v) is 11.2. The lowest BCUT2D eigenvalue weighted by Gasteiger charge is -2.34. The van der Waals surface area contributed by atoms with Gasteiger partial charge in [0.2, 0.25) is 5.91 Å². The van der Waals surface area contributed by atoms with E-state index in [9.17, 15) is 18.0 Å². The van der Waals surface area contributed by atoms with Crippen LogP contribution in [0.5, 0.6) is 0 Å². The van der Waals surface area contributed by atoms with Crippen molar-refractivity contribution in [3.8, 4) is 0 Å². The number of hydrogen-bond donors (Lipinski definition) is 3. The molecule has 19 heavy (non-hydrogen) atoms. The van der Waals surface area contributed by atoms with Gasteiger partial charge in [-0.05, 0) is 6.42 Å². The van der Waals surface area contributed by atoms with E-state index in [1.54, 1.807) is 0 Å². The van der Waals surface area contributed by atoms with Gasteiger partial charge in [0.15, 0.2) is 0 Å². The van der Waals surface area contributed by atoms with E-state index < -0.39 is 22.2 Å². The van der Waals surface area contributed by atoms with Crippen molar-refractivity contribution in [3.05, 3.63) is 0 Å². The number of carboxylic acid groups (broad SMARTS) is 1. The van der Waals surface area contributed by atoms with Crippen molar-refractivity contribution in [2.24, 2.45) is 10.9 Å². The largest absolute Gasteiger partial charge is 0.481 e. The van der Waals surface area contributed by atoms with E-state index >= 15 is 0 Å². The fraction of sp³-hybridized carbons (Fsp3) is 0.778. The van der Waals surface area contributed by atoms with Crippen LogP contribution in [0.15, 0.2) is 0 Å². The number of carbonyl (C=O) groups is 2. The lowest BCUT2D eigenvalue weighted by Crippen LogP contribution is -2.55. The van der Waals surface area contributed by atoms with Crippen LogP contribution in [0, 0.1) is 0 Å². The summed E-state index contributed by atoms with van der Waals surface area (Å²) in [6.45, 7) is 0.651. The zero-order valence-electron chi connectivity index (χ0n) is 10.4. The van der Waals surface area contributed by atoms with E-state index in [1.165, 1.54) is 4.90 Å². The SMILES string of the molecule is NC(CCC(=O)O)C(=O)N1CCN(S(N)(=O)=O)CC1. The molecule has 1 heterocycles. The highest BCUT2D eigenvalue weighted by Gasteiger charge is 2.28. The fourth-order valence-electron chi connectivity index (χ4n) is 1.80. The van der Waals surface area contributed by atoms with Gasteiger partial charge >= 0.3 is 5.97 Å². The van der Waals surface area contributed by atoms with Gasteiger partial charge in [0.25, 0.3) is 10.2 Å². The first kappa shape index (κ1) is 15.8. The van der Waals surface area contributed by atoms with E-state index in [0.29, 0.717) is 0 Å². The molecule has 110 valence electrons. The van der Waals surface area contributed by atoms with Crippen LogP contribution < -0.4 is 10.9 Å². The third-order valence-corrected chi connectivity index (χ3v) is 3.98. The predicted molar refractivity (Wildman–Crippen MR) is 66.1 cm³/mol. The quantitative estimate of drug-likeness (QED) is 0.511. The monoisotopic (exact) mass is 294 g/mol. The number of aliphatic carboxylic acids is 1. The molecule has 0 bridgehead atoms. The molecule has 1 atom stereocenters. The molecule has 5 N–H and O–H groups in total. The first-order valence-corrected chi connectivity index (χ1v) is 7.26. The van der Waals surface area contributed by atoms with Crippen LogP contribution in [-0.2, 0) is 19.8 Å². The summed E-state index contributed by atoms with van der Waals surface area (Å²) in [5.41, 5.74) is 5.61. The Morgan fingerprint density at radius 2 is 1.74 bits per heavy atom. The molecule has 0 saturated carbocycles. The van der Waals surface area contributed by atoms with Gasteiger partial charge in [0, 0.05) is 32.6 Å². The van der Waals surface area contributed by atoms with Crippen LogP contribution in [0.25, 0.3) is 0 Å². The van der Waals surface area contributed by atoms with Crippen LogP contribution in [0.3, 0.4) is 0 Å². The van der Waals surface area contributed by atoms with Crippen LogP contribution in [0.4, 0.5) is 0 Å².